The smallest absolute Gasteiger partial charge is 0.198 e. The van der Waals surface area contributed by atoms with Gasteiger partial charge >= 0.3 is 0 Å². The third kappa shape index (κ3) is 3.31. The molecule has 2 aromatic rings. The van der Waals surface area contributed by atoms with Crippen molar-refractivity contribution in [1.29, 1.82) is 0 Å². The fourth-order valence-electron chi connectivity index (χ4n) is 4.31. The Labute approximate surface area is 158 Å². The zero-order chi connectivity index (χ0) is 18.1. The molecule has 0 amide bonds. The van der Waals surface area contributed by atoms with E-state index in [1.165, 1.54) is 11.8 Å². The molecule has 4 rings (SSSR count). The van der Waals surface area contributed by atoms with Gasteiger partial charge in [-0.15, -0.1) is 10.2 Å². The number of methoxy groups -OCH3 is 2. The van der Waals surface area contributed by atoms with Crippen molar-refractivity contribution in [2.24, 2.45) is 7.05 Å². The lowest BCUT2D eigenvalue weighted by Crippen LogP contribution is -2.51. The van der Waals surface area contributed by atoms with Crippen LogP contribution < -0.4 is 0 Å². The Morgan fingerprint density at radius 2 is 2.23 bits per heavy atom. The molecule has 8 heteroatoms. The van der Waals surface area contributed by atoms with Gasteiger partial charge < -0.3 is 18.5 Å². The van der Waals surface area contributed by atoms with E-state index in [4.69, 9.17) is 13.9 Å². The zero-order valence-electron chi connectivity index (χ0n) is 15.6. The van der Waals surface area contributed by atoms with Crippen LogP contribution in [-0.4, -0.2) is 58.2 Å². The normalized spacial score (nSPS) is 29.2. The van der Waals surface area contributed by atoms with Crippen molar-refractivity contribution in [2.75, 3.05) is 20.8 Å². The zero-order valence-corrected chi connectivity index (χ0v) is 16.4. The number of hydrogen-bond donors (Lipinski definition) is 0. The first-order chi connectivity index (χ1) is 12.6. The van der Waals surface area contributed by atoms with Gasteiger partial charge in [-0.05, 0) is 49.6 Å². The summed E-state index contributed by atoms with van der Waals surface area (Å²) in [5.74, 6) is 0.973. The van der Waals surface area contributed by atoms with Gasteiger partial charge in [0.05, 0.1) is 18.2 Å². The number of fused-ring (bicyclic) bond motifs is 1. The molecule has 26 heavy (non-hydrogen) atoms. The van der Waals surface area contributed by atoms with Gasteiger partial charge in [-0.3, -0.25) is 4.90 Å². The Morgan fingerprint density at radius 1 is 1.35 bits per heavy atom. The van der Waals surface area contributed by atoms with Gasteiger partial charge in [0.25, 0.3) is 0 Å². The van der Waals surface area contributed by atoms with Gasteiger partial charge in [-0.25, -0.2) is 0 Å². The van der Waals surface area contributed by atoms with E-state index in [1.54, 1.807) is 6.33 Å². The monoisotopic (exact) mass is 378 g/mol. The predicted molar refractivity (Wildman–Crippen MR) is 97.0 cm³/mol. The molecule has 0 bridgehead atoms. The van der Waals surface area contributed by atoms with Crippen molar-refractivity contribution in [2.45, 2.75) is 60.2 Å². The lowest BCUT2D eigenvalue weighted by atomic mass is 9.79. The van der Waals surface area contributed by atoms with Gasteiger partial charge in [0.15, 0.2) is 10.2 Å². The van der Waals surface area contributed by atoms with Crippen molar-refractivity contribution in [1.82, 2.24) is 19.7 Å². The SMILES string of the molecule is CO[C@@H]1CC[C@@]2(OC)CCN(Cc3ccc(Sc4nncn4C)o3)[C@H]2C1. The van der Waals surface area contributed by atoms with Crippen molar-refractivity contribution in [3.63, 3.8) is 0 Å². The molecule has 1 aliphatic heterocycles. The predicted octanol–water partition coefficient (Wildman–Crippen LogP) is 2.72. The number of nitrogens with zero attached hydrogens (tertiary/aromatic N) is 4. The third-order valence-corrected chi connectivity index (χ3v) is 6.82. The molecule has 1 aliphatic carbocycles. The van der Waals surface area contributed by atoms with E-state index >= 15 is 0 Å². The summed E-state index contributed by atoms with van der Waals surface area (Å²) in [5.41, 5.74) is -0.0299. The van der Waals surface area contributed by atoms with Crippen LogP contribution in [0.2, 0.25) is 0 Å². The summed E-state index contributed by atoms with van der Waals surface area (Å²) >= 11 is 1.49. The van der Waals surface area contributed by atoms with Gasteiger partial charge in [0, 0.05) is 33.9 Å². The van der Waals surface area contributed by atoms with E-state index in [0.717, 1.165) is 54.8 Å². The largest absolute Gasteiger partial charge is 0.453 e. The minimum Gasteiger partial charge on any atom is -0.453 e. The molecule has 0 radical (unpaired) electrons. The summed E-state index contributed by atoms with van der Waals surface area (Å²) in [7, 11) is 5.59. The second-order valence-corrected chi connectivity index (χ2v) is 8.16. The van der Waals surface area contributed by atoms with Crippen LogP contribution in [0.15, 0.2) is 33.1 Å². The molecular formula is C18H26N4O3S. The second-order valence-electron chi connectivity index (χ2n) is 7.18. The fourth-order valence-corrected chi connectivity index (χ4v) is 5.06. The molecule has 7 nitrogen and oxygen atoms in total. The molecule has 0 unspecified atom stereocenters. The van der Waals surface area contributed by atoms with Gasteiger partial charge in [0.1, 0.15) is 12.1 Å². The highest BCUT2D eigenvalue weighted by molar-refractivity contribution is 7.99. The molecular weight excluding hydrogens is 352 g/mol. The van der Waals surface area contributed by atoms with Crippen LogP contribution >= 0.6 is 11.8 Å². The van der Waals surface area contributed by atoms with E-state index in [2.05, 4.69) is 21.2 Å². The highest BCUT2D eigenvalue weighted by Gasteiger charge is 2.51. The fraction of sp³-hybridized carbons (Fsp3) is 0.667. The van der Waals surface area contributed by atoms with E-state index in [9.17, 15) is 0 Å². The number of ether oxygens (including phenoxy) is 2. The summed E-state index contributed by atoms with van der Waals surface area (Å²) < 4.78 is 19.6. The lowest BCUT2D eigenvalue weighted by molar-refractivity contribution is -0.0953. The minimum atomic E-state index is -0.0299. The molecule has 0 aromatic carbocycles. The summed E-state index contributed by atoms with van der Waals surface area (Å²) in [5, 5.41) is 9.65. The Kier molecular flexibility index (Phi) is 5.09. The van der Waals surface area contributed by atoms with E-state index < -0.39 is 0 Å². The van der Waals surface area contributed by atoms with Crippen LogP contribution in [-0.2, 0) is 23.1 Å². The molecule has 3 heterocycles. The molecule has 2 aliphatic rings. The van der Waals surface area contributed by atoms with Crippen LogP contribution in [0.5, 0.6) is 0 Å². The molecule has 0 spiro atoms. The van der Waals surface area contributed by atoms with Crippen LogP contribution in [0.4, 0.5) is 0 Å². The standard InChI is InChI=1S/C18H26N4O3S/c1-21-12-19-20-17(21)26-16-5-4-14(25-16)11-22-9-8-18(24-3)7-6-13(23-2)10-15(18)22/h4-5,12-13,15H,6-11H2,1-3H3/t13-,15+,18-/m1/s1. The molecule has 2 fully saturated rings. The molecule has 0 N–H and O–H groups in total. The summed E-state index contributed by atoms with van der Waals surface area (Å²) in [6.07, 6.45) is 6.25. The van der Waals surface area contributed by atoms with E-state index in [-0.39, 0.29) is 5.60 Å². The van der Waals surface area contributed by atoms with Crippen LogP contribution in [0.3, 0.4) is 0 Å². The Morgan fingerprint density at radius 3 is 2.96 bits per heavy atom. The Bertz CT molecular complexity index is 748. The Balaban J connectivity index is 1.45. The van der Waals surface area contributed by atoms with Crippen molar-refractivity contribution in [3.8, 4) is 0 Å². The summed E-state index contributed by atoms with van der Waals surface area (Å²) in [6, 6.07) is 4.45. The number of furan rings is 1. The molecule has 3 atom stereocenters. The summed E-state index contributed by atoms with van der Waals surface area (Å²) in [6.45, 7) is 1.83. The topological polar surface area (TPSA) is 65.6 Å². The summed E-state index contributed by atoms with van der Waals surface area (Å²) in [4.78, 5) is 2.49. The van der Waals surface area contributed by atoms with E-state index in [1.807, 2.05) is 31.9 Å². The van der Waals surface area contributed by atoms with Crippen molar-refractivity contribution >= 4 is 11.8 Å². The highest BCUT2D eigenvalue weighted by atomic mass is 32.2. The first-order valence-corrected chi connectivity index (χ1v) is 9.88. The lowest BCUT2D eigenvalue weighted by Gasteiger charge is -2.43. The first kappa shape index (κ1) is 18.0. The number of aromatic nitrogens is 3. The number of likely N-dealkylation sites (tertiary alicyclic amines) is 1. The quantitative estimate of drug-likeness (QED) is 0.766. The average molecular weight is 378 g/mol. The maximum atomic E-state index is 6.04. The molecule has 2 aromatic heterocycles. The van der Waals surface area contributed by atoms with Crippen molar-refractivity contribution < 1.29 is 13.9 Å². The maximum absolute atomic E-state index is 6.04. The van der Waals surface area contributed by atoms with Gasteiger partial charge in [-0.1, -0.05) is 0 Å². The molecule has 1 saturated carbocycles. The number of aryl methyl sites for hydroxylation is 1. The minimum absolute atomic E-state index is 0.0299. The third-order valence-electron chi connectivity index (χ3n) is 5.84. The van der Waals surface area contributed by atoms with Crippen LogP contribution in [0, 0.1) is 0 Å². The second kappa shape index (κ2) is 7.34. The van der Waals surface area contributed by atoms with Crippen LogP contribution in [0.1, 0.15) is 31.4 Å². The van der Waals surface area contributed by atoms with Gasteiger partial charge in [0.2, 0.25) is 0 Å². The highest BCUT2D eigenvalue weighted by Crippen LogP contribution is 2.43. The van der Waals surface area contributed by atoms with Crippen LogP contribution in [0.25, 0.3) is 0 Å². The number of hydrogen-bond acceptors (Lipinski definition) is 7. The van der Waals surface area contributed by atoms with Crippen molar-refractivity contribution in [3.05, 3.63) is 24.2 Å². The Hall–Kier alpha value is -1.35. The average Bonchev–Trinajstić information content (AvgIpc) is 3.36. The number of rotatable bonds is 6. The van der Waals surface area contributed by atoms with Gasteiger partial charge in [-0.2, -0.15) is 0 Å². The first-order valence-electron chi connectivity index (χ1n) is 9.06. The van der Waals surface area contributed by atoms with E-state index in [0.29, 0.717) is 12.1 Å². The molecule has 1 saturated heterocycles. The molecule has 142 valence electrons. The maximum Gasteiger partial charge on any atom is 0.198 e.